The summed E-state index contributed by atoms with van der Waals surface area (Å²) in [5.41, 5.74) is 1.52. The molecule has 0 aliphatic carbocycles. The lowest BCUT2D eigenvalue weighted by Gasteiger charge is -2.21. The Morgan fingerprint density at radius 1 is 1.19 bits per heavy atom. The Bertz CT molecular complexity index is 773. The molecule has 3 rings (SSSR count). The Balaban J connectivity index is 2.08. The zero-order valence-electron chi connectivity index (χ0n) is 11.2. The van der Waals surface area contributed by atoms with Crippen LogP contribution in [0.2, 0.25) is 0 Å². The van der Waals surface area contributed by atoms with Crippen LogP contribution >= 0.6 is 11.6 Å². The predicted molar refractivity (Wildman–Crippen MR) is 81.1 cm³/mol. The van der Waals surface area contributed by atoms with Crippen LogP contribution < -0.4 is 0 Å². The molecule has 1 aliphatic heterocycles. The molecule has 2 aromatic carbocycles. The molecule has 2 unspecified atom stereocenters. The summed E-state index contributed by atoms with van der Waals surface area (Å²) in [5.74, 6) is -0.513. The van der Waals surface area contributed by atoms with E-state index < -0.39 is 9.84 Å². The van der Waals surface area contributed by atoms with Gasteiger partial charge in [-0.05, 0) is 29.3 Å². The van der Waals surface area contributed by atoms with Gasteiger partial charge in [0.15, 0.2) is 9.84 Å². The van der Waals surface area contributed by atoms with Gasteiger partial charge in [0.05, 0.1) is 10.6 Å². The second kappa shape index (κ2) is 5.43. The fourth-order valence-corrected chi connectivity index (χ4v) is 5.31. The number of sulfone groups is 1. The smallest absolute Gasteiger partial charge is 0.179 e. The molecule has 0 N–H and O–H groups in total. The van der Waals surface area contributed by atoms with Gasteiger partial charge in [0.1, 0.15) is 5.82 Å². The zero-order chi connectivity index (χ0) is 15.0. The van der Waals surface area contributed by atoms with Crippen LogP contribution in [0.1, 0.15) is 23.0 Å². The SMILES string of the molecule is O=S1(=O)CC(C(CCl)c2cccc(F)c2)c2ccccc21. The van der Waals surface area contributed by atoms with Gasteiger partial charge in [-0.1, -0.05) is 30.3 Å². The van der Waals surface area contributed by atoms with Crippen LogP contribution in [0.25, 0.3) is 0 Å². The van der Waals surface area contributed by atoms with Crippen LogP contribution in [0.3, 0.4) is 0 Å². The predicted octanol–water partition coefficient (Wildman–Crippen LogP) is 3.72. The second-order valence-electron chi connectivity index (χ2n) is 5.24. The van der Waals surface area contributed by atoms with Crippen molar-refractivity contribution in [3.05, 3.63) is 65.5 Å². The molecule has 0 bridgehead atoms. The molecule has 2 atom stereocenters. The molecule has 0 saturated carbocycles. The maximum atomic E-state index is 13.4. The fourth-order valence-electron chi connectivity index (χ4n) is 2.99. The third-order valence-corrected chi connectivity index (χ3v) is 6.15. The second-order valence-corrected chi connectivity index (χ2v) is 7.55. The van der Waals surface area contributed by atoms with E-state index in [1.807, 2.05) is 12.1 Å². The zero-order valence-corrected chi connectivity index (χ0v) is 12.7. The summed E-state index contributed by atoms with van der Waals surface area (Å²) in [6.45, 7) is 0. The van der Waals surface area contributed by atoms with E-state index >= 15 is 0 Å². The Labute approximate surface area is 128 Å². The van der Waals surface area contributed by atoms with Crippen molar-refractivity contribution in [1.82, 2.24) is 0 Å². The van der Waals surface area contributed by atoms with Crippen molar-refractivity contribution in [2.24, 2.45) is 0 Å². The van der Waals surface area contributed by atoms with Crippen molar-refractivity contribution in [2.75, 3.05) is 11.6 Å². The van der Waals surface area contributed by atoms with Gasteiger partial charge in [0.25, 0.3) is 0 Å². The number of rotatable bonds is 3. The highest BCUT2D eigenvalue weighted by Gasteiger charge is 2.39. The first kappa shape index (κ1) is 14.5. The largest absolute Gasteiger partial charge is 0.224 e. The van der Waals surface area contributed by atoms with Gasteiger partial charge in [-0.3, -0.25) is 0 Å². The van der Waals surface area contributed by atoms with E-state index in [1.165, 1.54) is 12.1 Å². The molecule has 0 radical (unpaired) electrons. The molecule has 2 nitrogen and oxygen atoms in total. The number of alkyl halides is 1. The molecule has 110 valence electrons. The maximum Gasteiger partial charge on any atom is 0.179 e. The first-order valence-corrected chi connectivity index (χ1v) is 8.85. The standard InChI is InChI=1S/C16H14ClFO2S/c17-9-14(11-4-3-5-12(18)8-11)15-10-21(19,20)16-7-2-1-6-13(15)16/h1-8,14-15H,9-10H2. The average Bonchev–Trinajstić information content (AvgIpc) is 2.73. The molecule has 5 heteroatoms. The van der Waals surface area contributed by atoms with Gasteiger partial charge in [0, 0.05) is 17.7 Å². The van der Waals surface area contributed by atoms with Crippen molar-refractivity contribution < 1.29 is 12.8 Å². The lowest BCUT2D eigenvalue weighted by Crippen LogP contribution is -2.15. The van der Waals surface area contributed by atoms with E-state index in [9.17, 15) is 12.8 Å². The lowest BCUT2D eigenvalue weighted by atomic mass is 9.84. The van der Waals surface area contributed by atoms with Gasteiger partial charge in [-0.2, -0.15) is 0 Å². The topological polar surface area (TPSA) is 34.1 Å². The minimum Gasteiger partial charge on any atom is -0.224 e. The molecule has 0 amide bonds. The number of benzene rings is 2. The van der Waals surface area contributed by atoms with E-state index in [4.69, 9.17) is 11.6 Å². The van der Waals surface area contributed by atoms with Gasteiger partial charge in [-0.25, -0.2) is 12.8 Å². The van der Waals surface area contributed by atoms with Gasteiger partial charge in [-0.15, -0.1) is 11.6 Å². The molecule has 1 aliphatic rings. The summed E-state index contributed by atoms with van der Waals surface area (Å²) in [6.07, 6.45) is 0. The lowest BCUT2D eigenvalue weighted by molar-refractivity contribution is 0.585. The molecular weight excluding hydrogens is 311 g/mol. The summed E-state index contributed by atoms with van der Waals surface area (Å²) in [5, 5.41) is 0. The van der Waals surface area contributed by atoms with Gasteiger partial charge >= 0.3 is 0 Å². The van der Waals surface area contributed by atoms with Crippen LogP contribution in [0.5, 0.6) is 0 Å². The summed E-state index contributed by atoms with van der Waals surface area (Å²) < 4.78 is 38.0. The highest BCUT2D eigenvalue weighted by atomic mass is 35.5. The molecule has 0 aromatic heterocycles. The highest BCUT2D eigenvalue weighted by Crippen LogP contribution is 2.43. The molecule has 0 spiro atoms. The minimum atomic E-state index is -3.28. The van der Waals surface area contributed by atoms with Crippen molar-refractivity contribution >= 4 is 21.4 Å². The molecule has 0 fully saturated rings. The Morgan fingerprint density at radius 2 is 1.95 bits per heavy atom. The molecule has 0 saturated heterocycles. The third kappa shape index (κ3) is 2.58. The van der Waals surface area contributed by atoms with Crippen LogP contribution in [0.4, 0.5) is 4.39 Å². The highest BCUT2D eigenvalue weighted by molar-refractivity contribution is 7.91. The number of hydrogen-bond donors (Lipinski definition) is 0. The molecule has 21 heavy (non-hydrogen) atoms. The van der Waals surface area contributed by atoms with Crippen molar-refractivity contribution in [3.8, 4) is 0 Å². The van der Waals surface area contributed by atoms with E-state index in [0.29, 0.717) is 4.90 Å². The van der Waals surface area contributed by atoms with E-state index in [0.717, 1.165) is 11.1 Å². The average molecular weight is 325 g/mol. The Kier molecular flexibility index (Phi) is 3.76. The van der Waals surface area contributed by atoms with Gasteiger partial charge < -0.3 is 0 Å². The Hall–Kier alpha value is -1.39. The number of halogens is 2. The van der Waals surface area contributed by atoms with Crippen molar-refractivity contribution in [1.29, 1.82) is 0 Å². The number of fused-ring (bicyclic) bond motifs is 1. The normalized spacial score (nSPS) is 21.0. The molecule has 1 heterocycles. The fraction of sp³-hybridized carbons (Fsp3) is 0.250. The van der Waals surface area contributed by atoms with E-state index in [2.05, 4.69) is 0 Å². The minimum absolute atomic E-state index is 0.0280. The number of hydrogen-bond acceptors (Lipinski definition) is 2. The van der Waals surface area contributed by atoms with Crippen molar-refractivity contribution in [2.45, 2.75) is 16.7 Å². The monoisotopic (exact) mass is 324 g/mol. The summed E-state index contributed by atoms with van der Waals surface area (Å²) in [7, 11) is -3.28. The maximum absolute atomic E-state index is 13.4. The summed E-state index contributed by atoms with van der Waals surface area (Å²) >= 11 is 6.08. The summed E-state index contributed by atoms with van der Waals surface area (Å²) in [4.78, 5) is 0.376. The van der Waals surface area contributed by atoms with Crippen LogP contribution in [-0.2, 0) is 9.84 Å². The molecule has 2 aromatic rings. The van der Waals surface area contributed by atoms with Crippen molar-refractivity contribution in [3.63, 3.8) is 0 Å². The first-order valence-electron chi connectivity index (χ1n) is 6.66. The Morgan fingerprint density at radius 3 is 2.67 bits per heavy atom. The van der Waals surface area contributed by atoms with Crippen LogP contribution in [0, 0.1) is 5.82 Å². The van der Waals surface area contributed by atoms with Gasteiger partial charge in [0.2, 0.25) is 0 Å². The molecular formula is C16H14ClFO2S. The van der Waals surface area contributed by atoms with Crippen LogP contribution in [0.15, 0.2) is 53.4 Å². The van der Waals surface area contributed by atoms with Crippen LogP contribution in [-0.4, -0.2) is 20.1 Å². The first-order chi connectivity index (χ1) is 10.0. The summed E-state index contributed by atoms with van der Waals surface area (Å²) in [6, 6.07) is 13.2. The van der Waals surface area contributed by atoms with E-state index in [-0.39, 0.29) is 29.3 Å². The van der Waals surface area contributed by atoms with E-state index in [1.54, 1.807) is 24.3 Å². The third-order valence-electron chi connectivity index (χ3n) is 3.98. The quantitative estimate of drug-likeness (QED) is 0.806.